The Bertz CT molecular complexity index is 630. The van der Waals surface area contributed by atoms with E-state index in [4.69, 9.17) is 9.81 Å². The highest BCUT2D eigenvalue weighted by atomic mass is 32.2. The Kier molecular flexibility index (Phi) is 4.88. The van der Waals surface area contributed by atoms with Crippen molar-refractivity contribution in [3.63, 3.8) is 0 Å². The second-order valence-corrected chi connectivity index (χ2v) is 5.34. The van der Waals surface area contributed by atoms with Gasteiger partial charge in [-0.1, -0.05) is 12.1 Å². The summed E-state index contributed by atoms with van der Waals surface area (Å²) in [5.74, 6) is 0.252. The number of hydrogen-bond donors (Lipinski definition) is 2. The van der Waals surface area contributed by atoms with Gasteiger partial charge in [-0.2, -0.15) is 5.26 Å². The molecule has 0 radical (unpaired) electrons. The maximum atomic E-state index is 10.6. The van der Waals surface area contributed by atoms with Gasteiger partial charge < -0.3 is 9.87 Å². The summed E-state index contributed by atoms with van der Waals surface area (Å²) in [6.45, 7) is 0. The summed E-state index contributed by atoms with van der Waals surface area (Å²) >= 11 is -1.75. The van der Waals surface area contributed by atoms with Crippen LogP contribution in [0.5, 0.6) is 0 Å². The van der Waals surface area contributed by atoms with Crippen LogP contribution in [0.4, 0.5) is 11.4 Å². The van der Waals surface area contributed by atoms with Crippen molar-refractivity contribution in [2.24, 2.45) is 0 Å². The third kappa shape index (κ3) is 4.19. The van der Waals surface area contributed by atoms with Crippen LogP contribution in [0.25, 0.3) is 0 Å². The Hall–Kier alpha value is -2.16. The topological polar surface area (TPSA) is 73.1 Å². The number of nitriles is 1. The van der Waals surface area contributed by atoms with Gasteiger partial charge in [0, 0.05) is 11.4 Å². The largest absolute Gasteiger partial charge is 0.356 e. The molecule has 2 aromatic rings. The molecular weight excluding hydrogens is 272 g/mol. The number of aryl methyl sites for hydroxylation is 1. The molecule has 2 N–H and O–H groups in total. The zero-order chi connectivity index (χ0) is 14.4. The molecule has 0 aliphatic rings. The molecule has 0 spiro atoms. The van der Waals surface area contributed by atoms with Crippen molar-refractivity contribution in [3.05, 3.63) is 59.7 Å². The van der Waals surface area contributed by atoms with Gasteiger partial charge in [0.2, 0.25) is 0 Å². The van der Waals surface area contributed by atoms with Gasteiger partial charge >= 0.3 is 0 Å². The van der Waals surface area contributed by atoms with Crippen LogP contribution in [0.1, 0.15) is 11.1 Å². The molecule has 5 heteroatoms. The minimum absolute atomic E-state index is 0.252. The van der Waals surface area contributed by atoms with Crippen LogP contribution in [0.2, 0.25) is 0 Å². The fraction of sp³-hybridized carbons (Fsp3) is 0.133. The van der Waals surface area contributed by atoms with E-state index in [1.54, 1.807) is 12.1 Å². The summed E-state index contributed by atoms with van der Waals surface area (Å²) in [6.07, 6.45) is 0.584. The molecule has 1 atom stereocenters. The smallest absolute Gasteiger partial charge is 0.153 e. The average molecular weight is 286 g/mol. The van der Waals surface area contributed by atoms with Gasteiger partial charge in [0.25, 0.3) is 0 Å². The number of benzene rings is 2. The summed E-state index contributed by atoms with van der Waals surface area (Å²) in [4.78, 5) is 0. The van der Waals surface area contributed by atoms with Gasteiger partial charge in [0.05, 0.1) is 17.4 Å². The summed E-state index contributed by atoms with van der Waals surface area (Å²) in [6, 6.07) is 17.0. The van der Waals surface area contributed by atoms with Crippen molar-refractivity contribution in [2.75, 3.05) is 11.1 Å². The van der Waals surface area contributed by atoms with E-state index >= 15 is 0 Å². The van der Waals surface area contributed by atoms with E-state index in [0.717, 1.165) is 16.9 Å². The van der Waals surface area contributed by atoms with Crippen LogP contribution in [0, 0.1) is 11.3 Å². The number of anilines is 2. The number of hydrogen-bond acceptors (Lipinski definition) is 3. The van der Waals surface area contributed by atoms with E-state index in [1.165, 1.54) is 0 Å². The number of nitrogens with one attached hydrogen (secondary N) is 1. The minimum Gasteiger partial charge on any atom is -0.356 e. The van der Waals surface area contributed by atoms with E-state index in [-0.39, 0.29) is 5.75 Å². The molecule has 0 heterocycles. The zero-order valence-corrected chi connectivity index (χ0v) is 11.6. The molecule has 0 fully saturated rings. The SMILES string of the molecule is N#Cc1ccc(Nc2ccc(CCS(=O)O)cc2)cc1. The highest BCUT2D eigenvalue weighted by Crippen LogP contribution is 2.17. The molecule has 4 nitrogen and oxygen atoms in total. The normalized spacial score (nSPS) is 11.6. The third-order valence-electron chi connectivity index (χ3n) is 2.82. The molecule has 0 aliphatic carbocycles. The third-order valence-corrected chi connectivity index (χ3v) is 3.38. The number of rotatable bonds is 5. The highest BCUT2D eigenvalue weighted by molar-refractivity contribution is 7.79. The second kappa shape index (κ2) is 6.85. The van der Waals surface area contributed by atoms with E-state index in [2.05, 4.69) is 11.4 Å². The Morgan fingerprint density at radius 3 is 2.10 bits per heavy atom. The molecule has 0 saturated heterocycles. The predicted molar refractivity (Wildman–Crippen MR) is 80.2 cm³/mol. The van der Waals surface area contributed by atoms with Crippen LogP contribution < -0.4 is 5.32 Å². The molecule has 0 aromatic heterocycles. The molecule has 2 aromatic carbocycles. The minimum atomic E-state index is -1.75. The maximum Gasteiger partial charge on any atom is 0.153 e. The molecule has 2 rings (SSSR count). The van der Waals surface area contributed by atoms with Crippen molar-refractivity contribution < 1.29 is 8.76 Å². The Balaban J connectivity index is 1.99. The lowest BCUT2D eigenvalue weighted by Crippen LogP contribution is -1.99. The van der Waals surface area contributed by atoms with Crippen molar-refractivity contribution in [3.8, 4) is 6.07 Å². The molecule has 0 bridgehead atoms. The molecular formula is C15H14N2O2S. The first-order valence-electron chi connectivity index (χ1n) is 6.11. The van der Waals surface area contributed by atoms with E-state index in [0.29, 0.717) is 12.0 Å². The van der Waals surface area contributed by atoms with E-state index in [1.807, 2.05) is 36.4 Å². The Morgan fingerprint density at radius 2 is 1.60 bits per heavy atom. The van der Waals surface area contributed by atoms with Gasteiger partial charge in [0.1, 0.15) is 0 Å². The predicted octanol–water partition coefficient (Wildman–Crippen LogP) is 3.07. The molecule has 102 valence electrons. The van der Waals surface area contributed by atoms with Crippen molar-refractivity contribution >= 4 is 22.5 Å². The first-order valence-corrected chi connectivity index (χ1v) is 7.38. The van der Waals surface area contributed by atoms with Crippen LogP contribution in [-0.2, 0) is 17.5 Å². The Morgan fingerprint density at radius 1 is 1.05 bits per heavy atom. The molecule has 0 aliphatic heterocycles. The van der Waals surface area contributed by atoms with Crippen LogP contribution >= 0.6 is 0 Å². The number of nitrogens with zero attached hydrogens (tertiary/aromatic N) is 1. The average Bonchev–Trinajstić information content (AvgIpc) is 2.47. The Labute approximate surface area is 120 Å². The van der Waals surface area contributed by atoms with Gasteiger partial charge in [0.15, 0.2) is 11.1 Å². The van der Waals surface area contributed by atoms with Gasteiger partial charge in [-0.15, -0.1) is 0 Å². The van der Waals surface area contributed by atoms with Gasteiger partial charge in [-0.25, -0.2) is 4.21 Å². The lowest BCUT2D eigenvalue weighted by atomic mass is 10.1. The highest BCUT2D eigenvalue weighted by Gasteiger charge is 1.99. The standard InChI is InChI=1S/C15H14N2O2S/c16-11-13-3-7-15(8-4-13)17-14-5-1-12(2-6-14)9-10-20(18)19/h1-8,17H,9-10H2,(H,18,19). The van der Waals surface area contributed by atoms with Crippen molar-refractivity contribution in [1.29, 1.82) is 5.26 Å². The van der Waals surface area contributed by atoms with E-state index in [9.17, 15) is 4.21 Å². The fourth-order valence-electron chi connectivity index (χ4n) is 1.75. The summed E-state index contributed by atoms with van der Waals surface area (Å²) < 4.78 is 19.4. The lowest BCUT2D eigenvalue weighted by Gasteiger charge is -2.07. The van der Waals surface area contributed by atoms with Crippen LogP contribution in [-0.4, -0.2) is 14.5 Å². The summed E-state index contributed by atoms with van der Waals surface area (Å²) in [5.41, 5.74) is 3.50. The fourth-order valence-corrected chi connectivity index (χ4v) is 2.16. The van der Waals surface area contributed by atoms with Gasteiger partial charge in [-0.3, -0.25) is 0 Å². The first-order chi connectivity index (χ1) is 9.67. The van der Waals surface area contributed by atoms with Crippen molar-refractivity contribution in [1.82, 2.24) is 0 Å². The second-order valence-electron chi connectivity index (χ2n) is 4.29. The molecule has 20 heavy (non-hydrogen) atoms. The zero-order valence-electron chi connectivity index (χ0n) is 10.7. The first kappa shape index (κ1) is 14.3. The summed E-state index contributed by atoms with van der Waals surface area (Å²) in [5, 5.41) is 12.0. The van der Waals surface area contributed by atoms with Gasteiger partial charge in [-0.05, 0) is 48.4 Å². The lowest BCUT2D eigenvalue weighted by molar-refractivity contribution is 0.563. The molecule has 1 unspecified atom stereocenters. The van der Waals surface area contributed by atoms with Crippen LogP contribution in [0.15, 0.2) is 48.5 Å². The van der Waals surface area contributed by atoms with E-state index < -0.39 is 11.1 Å². The van der Waals surface area contributed by atoms with Crippen molar-refractivity contribution in [2.45, 2.75) is 6.42 Å². The molecule has 0 amide bonds. The summed E-state index contributed by atoms with van der Waals surface area (Å²) in [7, 11) is 0. The van der Waals surface area contributed by atoms with Crippen LogP contribution in [0.3, 0.4) is 0 Å². The quantitative estimate of drug-likeness (QED) is 0.828. The molecule has 0 saturated carbocycles. The maximum absolute atomic E-state index is 10.6. The monoisotopic (exact) mass is 286 g/mol.